The number of phenolic OH excluding ortho intramolecular Hbond substituents is 2. The van der Waals surface area contributed by atoms with Gasteiger partial charge in [-0.1, -0.05) is 0 Å². The monoisotopic (exact) mass is 349 g/mol. The summed E-state index contributed by atoms with van der Waals surface area (Å²) in [5.41, 5.74) is 6.51. The molecule has 0 saturated heterocycles. The maximum Gasteiger partial charge on any atom is 0.271 e. The zero-order valence-corrected chi connectivity index (χ0v) is 14.5. The zero-order valence-electron chi connectivity index (χ0n) is 14.5. The SMILES string of the molecule is Cc1ccc(C)n1-c1ccc(C(=O)N/N=C/c2ccc(O)cc2O)cc1. The third-order valence-corrected chi connectivity index (χ3v) is 4.04. The summed E-state index contributed by atoms with van der Waals surface area (Å²) in [6.07, 6.45) is 1.31. The van der Waals surface area contributed by atoms with Gasteiger partial charge in [-0.25, -0.2) is 5.43 Å². The number of hydrogen-bond donors (Lipinski definition) is 3. The molecule has 2 aromatic carbocycles. The number of nitrogens with one attached hydrogen (secondary N) is 1. The van der Waals surface area contributed by atoms with Gasteiger partial charge in [0.1, 0.15) is 11.5 Å². The molecule has 1 aromatic heterocycles. The van der Waals surface area contributed by atoms with Gasteiger partial charge in [0.05, 0.1) is 6.21 Å². The molecule has 6 heteroatoms. The molecule has 0 unspecified atom stereocenters. The molecule has 132 valence electrons. The molecule has 1 heterocycles. The molecule has 6 nitrogen and oxygen atoms in total. The fourth-order valence-electron chi connectivity index (χ4n) is 2.70. The van der Waals surface area contributed by atoms with Crippen LogP contribution in [0.1, 0.15) is 27.3 Å². The van der Waals surface area contributed by atoms with Gasteiger partial charge in [0.15, 0.2) is 0 Å². The van der Waals surface area contributed by atoms with E-state index in [0.717, 1.165) is 17.1 Å². The minimum Gasteiger partial charge on any atom is -0.508 e. The summed E-state index contributed by atoms with van der Waals surface area (Å²) in [5, 5.41) is 22.8. The first-order valence-corrected chi connectivity index (χ1v) is 8.06. The van der Waals surface area contributed by atoms with Crippen LogP contribution in [0.2, 0.25) is 0 Å². The molecule has 0 spiro atoms. The van der Waals surface area contributed by atoms with Crippen molar-refractivity contribution in [3.63, 3.8) is 0 Å². The molecule has 0 aliphatic carbocycles. The standard InChI is InChI=1S/C20H19N3O3/c1-13-3-4-14(2)23(13)17-8-5-15(6-9-17)20(26)22-21-12-16-7-10-18(24)11-19(16)25/h3-12,24-25H,1-2H3,(H,22,26)/b21-12+. The number of aryl methyl sites for hydroxylation is 2. The maximum absolute atomic E-state index is 12.2. The molecule has 0 radical (unpaired) electrons. The largest absolute Gasteiger partial charge is 0.508 e. The number of hydrogen-bond acceptors (Lipinski definition) is 4. The van der Waals surface area contributed by atoms with Gasteiger partial charge in [-0.15, -0.1) is 0 Å². The van der Waals surface area contributed by atoms with E-state index in [1.165, 1.54) is 24.4 Å². The zero-order chi connectivity index (χ0) is 18.7. The van der Waals surface area contributed by atoms with Gasteiger partial charge in [0.25, 0.3) is 5.91 Å². The average molecular weight is 349 g/mol. The van der Waals surface area contributed by atoms with Crippen molar-refractivity contribution in [2.75, 3.05) is 0 Å². The van der Waals surface area contributed by atoms with Gasteiger partial charge in [-0.2, -0.15) is 5.10 Å². The van der Waals surface area contributed by atoms with Crippen LogP contribution in [0.4, 0.5) is 0 Å². The number of rotatable bonds is 4. The summed E-state index contributed by atoms with van der Waals surface area (Å²) in [6.45, 7) is 4.06. The minimum atomic E-state index is -0.355. The second-order valence-electron chi connectivity index (χ2n) is 5.94. The van der Waals surface area contributed by atoms with Gasteiger partial charge >= 0.3 is 0 Å². The predicted molar refractivity (Wildman–Crippen MR) is 100 cm³/mol. The lowest BCUT2D eigenvalue weighted by molar-refractivity contribution is 0.0955. The smallest absolute Gasteiger partial charge is 0.271 e. The highest BCUT2D eigenvalue weighted by molar-refractivity contribution is 5.95. The van der Waals surface area contributed by atoms with Crippen molar-refractivity contribution in [2.24, 2.45) is 5.10 Å². The summed E-state index contributed by atoms with van der Waals surface area (Å²) in [7, 11) is 0. The Morgan fingerprint density at radius 3 is 2.27 bits per heavy atom. The Morgan fingerprint density at radius 1 is 1.00 bits per heavy atom. The minimum absolute atomic E-state index is 0.0445. The van der Waals surface area contributed by atoms with Crippen LogP contribution < -0.4 is 5.43 Å². The number of aromatic hydroxyl groups is 2. The van der Waals surface area contributed by atoms with Gasteiger partial charge in [0, 0.05) is 34.3 Å². The summed E-state index contributed by atoms with van der Waals surface area (Å²) < 4.78 is 2.10. The fraction of sp³-hybridized carbons (Fsp3) is 0.100. The first-order chi connectivity index (χ1) is 12.5. The molecular formula is C20H19N3O3. The molecule has 3 aromatic rings. The topological polar surface area (TPSA) is 86.9 Å². The molecule has 3 rings (SSSR count). The van der Waals surface area contributed by atoms with Gasteiger partial charge in [-0.3, -0.25) is 4.79 Å². The van der Waals surface area contributed by atoms with Crippen LogP contribution >= 0.6 is 0 Å². The van der Waals surface area contributed by atoms with E-state index < -0.39 is 0 Å². The molecule has 0 atom stereocenters. The second kappa shape index (κ2) is 7.14. The Kier molecular flexibility index (Phi) is 4.75. The molecule has 1 amide bonds. The van der Waals surface area contributed by atoms with Crippen molar-refractivity contribution in [1.29, 1.82) is 0 Å². The van der Waals surface area contributed by atoms with E-state index in [-0.39, 0.29) is 17.4 Å². The Labute approximate surface area is 151 Å². The van der Waals surface area contributed by atoms with E-state index in [9.17, 15) is 15.0 Å². The third kappa shape index (κ3) is 3.59. The average Bonchev–Trinajstić information content (AvgIpc) is 2.95. The van der Waals surface area contributed by atoms with Crippen LogP contribution in [0.5, 0.6) is 11.5 Å². The predicted octanol–water partition coefficient (Wildman–Crippen LogP) is 3.27. The van der Waals surface area contributed by atoms with Gasteiger partial charge in [0.2, 0.25) is 0 Å². The summed E-state index contributed by atoms with van der Waals surface area (Å²) >= 11 is 0. The maximum atomic E-state index is 12.2. The number of carbonyl (C=O) groups is 1. The first kappa shape index (κ1) is 17.3. The number of benzene rings is 2. The van der Waals surface area contributed by atoms with Crippen LogP contribution in [0.15, 0.2) is 59.7 Å². The lowest BCUT2D eigenvalue weighted by Gasteiger charge is -2.10. The second-order valence-corrected chi connectivity index (χ2v) is 5.94. The summed E-state index contributed by atoms with van der Waals surface area (Å²) in [4.78, 5) is 12.2. The fourth-order valence-corrected chi connectivity index (χ4v) is 2.70. The highest BCUT2D eigenvalue weighted by Gasteiger charge is 2.07. The molecule has 0 aliphatic rings. The number of aromatic nitrogens is 1. The molecule has 0 aliphatic heterocycles. The van der Waals surface area contributed by atoms with Crippen LogP contribution in [-0.4, -0.2) is 26.9 Å². The van der Waals surface area contributed by atoms with Crippen molar-refractivity contribution in [3.8, 4) is 17.2 Å². The lowest BCUT2D eigenvalue weighted by atomic mass is 10.2. The highest BCUT2D eigenvalue weighted by atomic mass is 16.3. The third-order valence-electron chi connectivity index (χ3n) is 4.04. The van der Waals surface area contributed by atoms with Crippen molar-refractivity contribution < 1.29 is 15.0 Å². The first-order valence-electron chi connectivity index (χ1n) is 8.06. The van der Waals surface area contributed by atoms with Crippen molar-refractivity contribution in [1.82, 2.24) is 9.99 Å². The number of amides is 1. The molecule has 3 N–H and O–H groups in total. The Balaban J connectivity index is 1.69. The Hall–Kier alpha value is -3.54. The van der Waals surface area contributed by atoms with E-state index in [1.807, 2.05) is 38.1 Å². The van der Waals surface area contributed by atoms with E-state index in [2.05, 4.69) is 15.1 Å². The Morgan fingerprint density at radius 2 is 1.65 bits per heavy atom. The van der Waals surface area contributed by atoms with Crippen LogP contribution in [0.25, 0.3) is 5.69 Å². The molecule has 0 bridgehead atoms. The number of phenols is 2. The van der Waals surface area contributed by atoms with Crippen molar-refractivity contribution in [2.45, 2.75) is 13.8 Å². The number of hydrazone groups is 1. The normalized spacial score (nSPS) is 11.0. The van der Waals surface area contributed by atoms with E-state index in [4.69, 9.17) is 0 Å². The Bertz CT molecular complexity index is 953. The van der Waals surface area contributed by atoms with Crippen molar-refractivity contribution >= 4 is 12.1 Å². The van der Waals surface area contributed by atoms with E-state index >= 15 is 0 Å². The molecule has 0 fully saturated rings. The lowest BCUT2D eigenvalue weighted by Crippen LogP contribution is -2.17. The number of nitrogens with zero attached hydrogens (tertiary/aromatic N) is 2. The summed E-state index contributed by atoms with van der Waals surface area (Å²) in [6, 6.07) is 15.4. The number of carbonyl (C=O) groups excluding carboxylic acids is 1. The van der Waals surface area contributed by atoms with Crippen LogP contribution in [0, 0.1) is 13.8 Å². The molecule has 26 heavy (non-hydrogen) atoms. The van der Waals surface area contributed by atoms with E-state index in [1.54, 1.807) is 12.1 Å². The quantitative estimate of drug-likeness (QED) is 0.499. The van der Waals surface area contributed by atoms with E-state index in [0.29, 0.717) is 11.1 Å². The molecule has 0 saturated carbocycles. The van der Waals surface area contributed by atoms with Crippen LogP contribution in [-0.2, 0) is 0 Å². The molecular weight excluding hydrogens is 330 g/mol. The van der Waals surface area contributed by atoms with Gasteiger partial charge in [-0.05, 0) is 62.4 Å². The van der Waals surface area contributed by atoms with Crippen molar-refractivity contribution in [3.05, 3.63) is 77.1 Å². The van der Waals surface area contributed by atoms with Crippen LogP contribution in [0.3, 0.4) is 0 Å². The highest BCUT2D eigenvalue weighted by Crippen LogP contribution is 2.21. The summed E-state index contributed by atoms with van der Waals surface area (Å²) in [5.74, 6) is -0.520. The van der Waals surface area contributed by atoms with Gasteiger partial charge < -0.3 is 14.8 Å².